The van der Waals surface area contributed by atoms with Crippen LogP contribution in [0, 0.1) is 0 Å². The van der Waals surface area contributed by atoms with Crippen LogP contribution in [0.3, 0.4) is 0 Å². The van der Waals surface area contributed by atoms with Crippen LogP contribution in [-0.2, 0) is 19.6 Å². The molecule has 1 saturated heterocycles. The summed E-state index contributed by atoms with van der Waals surface area (Å²) in [5.74, 6) is -0.422. The van der Waals surface area contributed by atoms with Crippen LogP contribution < -0.4 is 10.0 Å². The number of sulfonamides is 1. The number of hydrogen-bond acceptors (Lipinski definition) is 5. The lowest BCUT2D eigenvalue weighted by Gasteiger charge is -2.48. The van der Waals surface area contributed by atoms with Gasteiger partial charge >= 0.3 is 0 Å². The predicted octanol–water partition coefficient (Wildman–Crippen LogP) is 2.06. The molecule has 1 aliphatic carbocycles. The number of amides is 1. The maximum atomic E-state index is 13.0. The van der Waals surface area contributed by atoms with E-state index in [1.54, 1.807) is 25.1 Å². The molecule has 8 heteroatoms. The van der Waals surface area contributed by atoms with Crippen LogP contribution in [0.1, 0.15) is 50.5 Å². The average molecular weight is 408 g/mol. The summed E-state index contributed by atoms with van der Waals surface area (Å²) in [6, 6.07) is 4.88. The average Bonchev–Trinajstić information content (AvgIpc) is 3.01. The van der Waals surface area contributed by atoms with Crippen molar-refractivity contribution in [3.63, 3.8) is 0 Å². The Hall–Kier alpha value is -1.48. The summed E-state index contributed by atoms with van der Waals surface area (Å²) in [6.45, 7) is 5.33. The van der Waals surface area contributed by atoms with Crippen LogP contribution in [-0.4, -0.2) is 57.6 Å². The number of nitrogens with one attached hydrogen (secondary N) is 2. The molecule has 1 atom stereocenters. The molecular formula is C20H29N3O4S. The van der Waals surface area contributed by atoms with Crippen molar-refractivity contribution >= 4 is 21.6 Å². The van der Waals surface area contributed by atoms with E-state index < -0.39 is 10.0 Å². The van der Waals surface area contributed by atoms with Crippen LogP contribution in [0.4, 0.5) is 5.69 Å². The Labute approximate surface area is 166 Å². The maximum Gasteiger partial charge on any atom is 0.240 e. The second-order valence-corrected chi connectivity index (χ2v) is 9.94. The van der Waals surface area contributed by atoms with Gasteiger partial charge in [0.1, 0.15) is 0 Å². The Bertz CT molecular complexity index is 843. The van der Waals surface area contributed by atoms with Gasteiger partial charge in [0.2, 0.25) is 15.9 Å². The van der Waals surface area contributed by atoms with Gasteiger partial charge in [0.15, 0.2) is 0 Å². The number of anilines is 1. The fraction of sp³-hybridized carbons (Fsp3) is 0.650. The van der Waals surface area contributed by atoms with Crippen molar-refractivity contribution in [3.8, 4) is 0 Å². The molecule has 1 aromatic carbocycles. The highest BCUT2D eigenvalue weighted by Crippen LogP contribution is 2.36. The molecule has 0 bridgehead atoms. The Balaban J connectivity index is 1.53. The zero-order valence-electron chi connectivity index (χ0n) is 16.4. The van der Waals surface area contributed by atoms with E-state index in [0.717, 1.165) is 44.3 Å². The summed E-state index contributed by atoms with van der Waals surface area (Å²) in [6.07, 6.45) is 5.49. The third kappa shape index (κ3) is 3.70. The molecule has 1 aromatic rings. The molecule has 154 valence electrons. The monoisotopic (exact) mass is 407 g/mol. The second-order valence-electron chi connectivity index (χ2n) is 8.17. The number of rotatable bonds is 5. The smallest absolute Gasteiger partial charge is 0.240 e. The first-order valence-corrected chi connectivity index (χ1v) is 11.7. The van der Waals surface area contributed by atoms with Crippen molar-refractivity contribution in [1.82, 2.24) is 9.62 Å². The van der Waals surface area contributed by atoms with Gasteiger partial charge in [-0.3, -0.25) is 9.69 Å². The van der Waals surface area contributed by atoms with Gasteiger partial charge < -0.3 is 10.1 Å². The van der Waals surface area contributed by atoms with Crippen LogP contribution in [0.25, 0.3) is 0 Å². The van der Waals surface area contributed by atoms with Crippen molar-refractivity contribution < 1.29 is 17.9 Å². The summed E-state index contributed by atoms with van der Waals surface area (Å²) in [4.78, 5) is 14.5. The van der Waals surface area contributed by atoms with Crippen molar-refractivity contribution in [1.29, 1.82) is 0 Å². The lowest BCUT2D eigenvalue weighted by atomic mass is 9.80. The third-order valence-electron chi connectivity index (χ3n) is 6.51. The summed E-state index contributed by atoms with van der Waals surface area (Å²) < 4.78 is 34.4. The Kier molecular flexibility index (Phi) is 5.48. The van der Waals surface area contributed by atoms with Crippen LogP contribution in [0.2, 0.25) is 0 Å². The first-order chi connectivity index (χ1) is 13.4. The minimum absolute atomic E-state index is 0.0917. The maximum absolute atomic E-state index is 13.0. The molecule has 7 nitrogen and oxygen atoms in total. The van der Waals surface area contributed by atoms with Gasteiger partial charge in [0.25, 0.3) is 0 Å². The normalized spacial score (nSPS) is 25.3. The quantitative estimate of drug-likeness (QED) is 0.780. The van der Waals surface area contributed by atoms with E-state index in [4.69, 9.17) is 4.74 Å². The zero-order valence-corrected chi connectivity index (χ0v) is 17.2. The number of morpholine rings is 1. The molecular weight excluding hydrogens is 378 g/mol. The van der Waals surface area contributed by atoms with Crippen molar-refractivity contribution in [2.75, 3.05) is 38.2 Å². The van der Waals surface area contributed by atoms with E-state index >= 15 is 0 Å². The highest BCUT2D eigenvalue weighted by molar-refractivity contribution is 7.89. The highest BCUT2D eigenvalue weighted by atomic mass is 32.2. The van der Waals surface area contributed by atoms with E-state index in [9.17, 15) is 13.2 Å². The van der Waals surface area contributed by atoms with E-state index in [-0.39, 0.29) is 22.3 Å². The van der Waals surface area contributed by atoms with Crippen LogP contribution >= 0.6 is 0 Å². The van der Waals surface area contributed by atoms with E-state index in [0.29, 0.717) is 25.4 Å². The first-order valence-electron chi connectivity index (χ1n) is 10.2. The summed E-state index contributed by atoms with van der Waals surface area (Å²) >= 11 is 0. The summed E-state index contributed by atoms with van der Waals surface area (Å²) in [7, 11) is -3.65. The molecule has 1 amide bonds. The van der Waals surface area contributed by atoms with Crippen LogP contribution in [0.15, 0.2) is 23.1 Å². The molecule has 0 unspecified atom stereocenters. The number of hydrogen-bond donors (Lipinski definition) is 2. The molecule has 0 spiro atoms. The second kappa shape index (κ2) is 7.74. The molecule has 2 aliphatic heterocycles. The summed E-state index contributed by atoms with van der Waals surface area (Å²) in [5.41, 5.74) is 1.32. The lowest BCUT2D eigenvalue weighted by Crippen LogP contribution is -2.59. The molecule has 2 fully saturated rings. The van der Waals surface area contributed by atoms with E-state index in [1.165, 1.54) is 6.42 Å². The Morgan fingerprint density at radius 2 is 1.93 bits per heavy atom. The van der Waals surface area contributed by atoms with Gasteiger partial charge in [0.05, 0.1) is 24.0 Å². The molecule has 0 aromatic heterocycles. The fourth-order valence-corrected chi connectivity index (χ4v) is 5.88. The van der Waals surface area contributed by atoms with Crippen molar-refractivity contribution in [2.45, 2.75) is 55.4 Å². The van der Waals surface area contributed by atoms with Gasteiger partial charge in [-0.1, -0.05) is 19.3 Å². The number of benzene rings is 1. The molecule has 0 radical (unpaired) electrons. The van der Waals surface area contributed by atoms with E-state index in [2.05, 4.69) is 14.9 Å². The standard InChI is InChI=1S/C20H29N3O4S/c1-15-17-13-16(5-6-18(17)22-19(15)24)28(25,26)21-14-20(7-3-2-4-8-20)23-9-11-27-12-10-23/h5-6,13,15,21H,2-4,7-12,14H2,1H3,(H,22,24)/t15-/m1/s1. The van der Waals surface area contributed by atoms with Gasteiger partial charge in [-0.25, -0.2) is 13.1 Å². The minimum Gasteiger partial charge on any atom is -0.379 e. The molecule has 1 saturated carbocycles. The third-order valence-corrected chi connectivity index (χ3v) is 7.91. The van der Waals surface area contributed by atoms with Gasteiger partial charge in [-0.2, -0.15) is 0 Å². The molecule has 4 rings (SSSR count). The minimum atomic E-state index is -3.65. The molecule has 2 heterocycles. The SMILES string of the molecule is C[C@H]1C(=O)Nc2ccc(S(=O)(=O)NCC3(N4CCOCC4)CCCCC3)cc21. The number of fused-ring (bicyclic) bond motifs is 1. The van der Waals surface area contributed by atoms with Crippen molar-refractivity contribution in [2.24, 2.45) is 0 Å². The summed E-state index contributed by atoms with van der Waals surface area (Å²) in [5, 5.41) is 2.79. The lowest BCUT2D eigenvalue weighted by molar-refractivity contribution is -0.116. The van der Waals surface area contributed by atoms with Gasteiger partial charge in [-0.15, -0.1) is 0 Å². The molecule has 3 aliphatic rings. The molecule has 2 N–H and O–H groups in total. The van der Waals surface area contributed by atoms with Crippen LogP contribution in [0.5, 0.6) is 0 Å². The number of ether oxygens (including phenoxy) is 1. The van der Waals surface area contributed by atoms with Gasteiger partial charge in [0, 0.05) is 30.9 Å². The first kappa shape index (κ1) is 19.8. The fourth-order valence-electron chi connectivity index (χ4n) is 4.73. The zero-order chi connectivity index (χ0) is 19.8. The van der Waals surface area contributed by atoms with Gasteiger partial charge in [-0.05, 0) is 43.5 Å². The predicted molar refractivity (Wildman–Crippen MR) is 107 cm³/mol. The van der Waals surface area contributed by atoms with E-state index in [1.807, 2.05) is 0 Å². The topological polar surface area (TPSA) is 87.7 Å². The van der Waals surface area contributed by atoms with Crippen molar-refractivity contribution in [3.05, 3.63) is 23.8 Å². The number of nitrogens with zero attached hydrogens (tertiary/aromatic N) is 1. The number of carbonyl (C=O) groups is 1. The number of carbonyl (C=O) groups excluding carboxylic acids is 1. The highest BCUT2D eigenvalue weighted by Gasteiger charge is 2.39. The largest absolute Gasteiger partial charge is 0.379 e. The Morgan fingerprint density at radius 1 is 1.21 bits per heavy atom. The Morgan fingerprint density at radius 3 is 2.64 bits per heavy atom. The molecule has 28 heavy (non-hydrogen) atoms.